The Morgan fingerprint density at radius 1 is 1.22 bits per heavy atom. The van der Waals surface area contributed by atoms with E-state index >= 15 is 0 Å². The van der Waals surface area contributed by atoms with E-state index in [0.29, 0.717) is 36.5 Å². The van der Waals surface area contributed by atoms with Gasteiger partial charge in [0.05, 0.1) is 17.2 Å². The third-order valence-electron chi connectivity index (χ3n) is 8.81. The number of hydrogen-bond donors (Lipinski definition) is 2. The van der Waals surface area contributed by atoms with Gasteiger partial charge >= 0.3 is 5.97 Å². The highest BCUT2D eigenvalue weighted by molar-refractivity contribution is 7.89. The van der Waals surface area contributed by atoms with Crippen LogP contribution in [0.2, 0.25) is 5.02 Å². The molecule has 3 N–H and O–H groups in total. The number of aromatic hydroxyl groups is 1. The van der Waals surface area contributed by atoms with Crippen molar-refractivity contribution in [2.45, 2.75) is 69.3 Å². The lowest BCUT2D eigenvalue weighted by atomic mass is 9.55. The second-order valence-electron chi connectivity index (χ2n) is 10.7. The number of hydrogen-bond acceptors (Lipinski definition) is 6. The van der Waals surface area contributed by atoms with Gasteiger partial charge in [-0.15, -0.1) is 0 Å². The summed E-state index contributed by atoms with van der Waals surface area (Å²) in [5.41, 5.74) is 1.95. The summed E-state index contributed by atoms with van der Waals surface area (Å²) in [5, 5.41) is 15.2. The molecule has 0 bridgehead atoms. The molecule has 0 unspecified atom stereocenters. The second kappa shape index (κ2) is 9.43. The van der Waals surface area contributed by atoms with Crippen LogP contribution in [0.1, 0.15) is 73.4 Å². The molecule has 10 heteroatoms. The lowest BCUT2D eigenvalue weighted by molar-refractivity contribution is -0.0428. The number of fused-ring (bicyclic) bond motifs is 5. The molecule has 37 heavy (non-hydrogen) atoms. The fraction of sp³-hybridized carbons (Fsp3) is 0.519. The Balaban J connectivity index is 1.38. The monoisotopic (exact) mass is 551 g/mol. The Labute approximate surface area is 221 Å². The number of rotatable bonds is 5. The topological polar surface area (TPSA) is 116 Å². The quantitative estimate of drug-likeness (QED) is 0.486. The van der Waals surface area contributed by atoms with E-state index in [-0.39, 0.29) is 27.9 Å². The van der Waals surface area contributed by atoms with E-state index in [1.165, 1.54) is 11.1 Å². The van der Waals surface area contributed by atoms with E-state index < -0.39 is 26.7 Å². The molecule has 0 amide bonds. The Kier molecular flexibility index (Phi) is 6.69. The predicted octanol–water partition coefficient (Wildman–Crippen LogP) is 5.31. The van der Waals surface area contributed by atoms with Crippen LogP contribution in [-0.4, -0.2) is 32.2 Å². The standard InChI is InChI=1S/C27H31ClFNO6S/c1-3-35-23-11-17-14(10-22(23)31)4-5-16-15(17)8-9-27(2)19(16)6-7-25(27)36-26(32)18-12-24(37(30,33)34)21(29)13-20(18)28/h10-13,15-16,19,25,31H,3-9H2,1-2H3,(H2,30,33,34)/t15-,16+,19-,25-,27-/m0/s1. The van der Waals surface area contributed by atoms with Crippen molar-refractivity contribution in [1.29, 1.82) is 0 Å². The molecule has 0 aliphatic heterocycles. The second-order valence-corrected chi connectivity index (χ2v) is 12.6. The molecule has 2 fully saturated rings. The van der Waals surface area contributed by atoms with Gasteiger partial charge < -0.3 is 14.6 Å². The van der Waals surface area contributed by atoms with Gasteiger partial charge in [0.2, 0.25) is 10.0 Å². The molecule has 3 aliphatic carbocycles. The number of nitrogens with two attached hydrogens (primary N) is 1. The molecule has 2 aromatic rings. The summed E-state index contributed by atoms with van der Waals surface area (Å²) >= 11 is 6.08. The van der Waals surface area contributed by atoms with Gasteiger partial charge in [-0.05, 0) is 98.6 Å². The summed E-state index contributed by atoms with van der Waals surface area (Å²) in [4.78, 5) is 12.3. The Morgan fingerprint density at radius 3 is 2.68 bits per heavy atom. The van der Waals surface area contributed by atoms with Crippen LogP contribution >= 0.6 is 11.6 Å². The van der Waals surface area contributed by atoms with Crippen molar-refractivity contribution in [3.63, 3.8) is 0 Å². The minimum absolute atomic E-state index is 0.178. The number of carbonyl (C=O) groups is 1. The molecular formula is C27H31ClFNO6S. The minimum atomic E-state index is -4.38. The number of carbonyl (C=O) groups excluding carboxylic acids is 1. The van der Waals surface area contributed by atoms with E-state index in [4.69, 9.17) is 26.2 Å². The van der Waals surface area contributed by atoms with Gasteiger partial charge in [-0.3, -0.25) is 0 Å². The van der Waals surface area contributed by atoms with Crippen LogP contribution < -0.4 is 9.88 Å². The first-order valence-corrected chi connectivity index (χ1v) is 14.6. The first-order valence-electron chi connectivity index (χ1n) is 12.7. The number of halogens is 2. The van der Waals surface area contributed by atoms with Crippen LogP contribution in [0.4, 0.5) is 4.39 Å². The third kappa shape index (κ3) is 4.49. The number of benzene rings is 2. The van der Waals surface area contributed by atoms with Crippen molar-refractivity contribution in [3.05, 3.63) is 51.8 Å². The number of phenolic OH excluding ortho intramolecular Hbond substituents is 1. The first kappa shape index (κ1) is 26.3. The van der Waals surface area contributed by atoms with Crippen LogP contribution in [0.15, 0.2) is 29.2 Å². The molecule has 3 aliphatic rings. The zero-order chi connectivity index (χ0) is 26.7. The summed E-state index contributed by atoms with van der Waals surface area (Å²) in [6.07, 6.45) is 4.85. The maximum atomic E-state index is 14.1. The Hall–Kier alpha value is -2.36. The van der Waals surface area contributed by atoms with Gasteiger partial charge in [0.1, 0.15) is 16.8 Å². The maximum absolute atomic E-state index is 14.1. The van der Waals surface area contributed by atoms with Crippen LogP contribution in [0.25, 0.3) is 0 Å². The van der Waals surface area contributed by atoms with Crippen LogP contribution in [-0.2, 0) is 21.2 Å². The number of esters is 1. The van der Waals surface area contributed by atoms with Gasteiger partial charge in [0, 0.05) is 5.41 Å². The lowest BCUT2D eigenvalue weighted by Gasteiger charge is -2.50. The first-order chi connectivity index (χ1) is 17.4. The molecule has 2 saturated carbocycles. The average Bonchev–Trinajstić information content (AvgIpc) is 3.14. The van der Waals surface area contributed by atoms with Crippen molar-refractivity contribution >= 4 is 27.6 Å². The molecule has 5 rings (SSSR count). The fourth-order valence-corrected chi connectivity index (χ4v) is 7.94. The highest BCUT2D eigenvalue weighted by Gasteiger charge is 2.56. The zero-order valence-corrected chi connectivity index (χ0v) is 22.4. The number of aryl methyl sites for hydroxylation is 1. The summed E-state index contributed by atoms with van der Waals surface area (Å²) in [7, 11) is -4.38. The largest absolute Gasteiger partial charge is 0.504 e. The van der Waals surface area contributed by atoms with E-state index in [1.54, 1.807) is 0 Å². The predicted molar refractivity (Wildman–Crippen MR) is 136 cm³/mol. The van der Waals surface area contributed by atoms with E-state index in [9.17, 15) is 22.7 Å². The maximum Gasteiger partial charge on any atom is 0.339 e. The minimum Gasteiger partial charge on any atom is -0.504 e. The molecule has 0 heterocycles. The highest BCUT2D eigenvalue weighted by Crippen LogP contribution is 2.62. The van der Waals surface area contributed by atoms with Crippen LogP contribution in [0.3, 0.4) is 0 Å². The van der Waals surface area contributed by atoms with E-state index in [0.717, 1.165) is 44.2 Å². The van der Waals surface area contributed by atoms with Crippen molar-refractivity contribution < 1.29 is 32.2 Å². The van der Waals surface area contributed by atoms with Gasteiger partial charge in [0.25, 0.3) is 0 Å². The zero-order valence-electron chi connectivity index (χ0n) is 20.8. The number of ether oxygens (including phenoxy) is 2. The van der Waals surface area contributed by atoms with Crippen LogP contribution in [0.5, 0.6) is 11.5 Å². The number of primary sulfonamides is 1. The molecule has 0 aromatic heterocycles. The summed E-state index contributed by atoms with van der Waals surface area (Å²) in [5.74, 6) is -0.105. The molecule has 0 saturated heterocycles. The van der Waals surface area contributed by atoms with E-state index in [2.05, 4.69) is 6.92 Å². The fourth-order valence-electron chi connectivity index (χ4n) is 7.10. The Bertz CT molecular complexity index is 1370. The third-order valence-corrected chi connectivity index (χ3v) is 10.1. The van der Waals surface area contributed by atoms with Gasteiger partial charge in [-0.1, -0.05) is 18.5 Å². The SMILES string of the molecule is CCOc1cc2c(cc1O)CC[C@@H]1[C@@H]2CC[C@]2(C)[C@@H](OC(=O)c3cc(S(N)(=O)=O)c(F)cc3Cl)CC[C@@H]12. The van der Waals surface area contributed by atoms with Crippen molar-refractivity contribution in [3.8, 4) is 11.5 Å². The molecule has 200 valence electrons. The summed E-state index contributed by atoms with van der Waals surface area (Å²) in [6, 6.07) is 5.46. The van der Waals surface area contributed by atoms with Crippen molar-refractivity contribution in [2.75, 3.05) is 6.61 Å². The highest BCUT2D eigenvalue weighted by atomic mass is 35.5. The normalized spacial score (nSPS) is 28.7. The molecule has 0 radical (unpaired) electrons. The van der Waals surface area contributed by atoms with Gasteiger partial charge in [-0.2, -0.15) is 0 Å². The molecule has 5 atom stereocenters. The summed E-state index contributed by atoms with van der Waals surface area (Å²) < 4.78 is 49.2. The van der Waals surface area contributed by atoms with Crippen molar-refractivity contribution in [2.24, 2.45) is 22.4 Å². The molecule has 2 aromatic carbocycles. The van der Waals surface area contributed by atoms with E-state index in [1.807, 2.05) is 19.1 Å². The number of phenols is 1. The van der Waals surface area contributed by atoms with Gasteiger partial charge in [0.15, 0.2) is 11.5 Å². The van der Waals surface area contributed by atoms with Crippen LogP contribution in [0, 0.1) is 23.1 Å². The Morgan fingerprint density at radius 2 is 1.97 bits per heavy atom. The average molecular weight is 552 g/mol. The van der Waals surface area contributed by atoms with Crippen molar-refractivity contribution in [1.82, 2.24) is 0 Å². The van der Waals surface area contributed by atoms with Gasteiger partial charge in [-0.25, -0.2) is 22.7 Å². The molecular weight excluding hydrogens is 521 g/mol. The number of sulfonamides is 1. The molecule has 0 spiro atoms. The lowest BCUT2D eigenvalue weighted by Crippen LogP contribution is -2.45. The summed E-state index contributed by atoms with van der Waals surface area (Å²) in [6.45, 7) is 4.53. The smallest absolute Gasteiger partial charge is 0.339 e. The molecule has 7 nitrogen and oxygen atoms in total.